The number of morpholine rings is 1. The van der Waals surface area contributed by atoms with Crippen LogP contribution in [0.5, 0.6) is 0 Å². The third-order valence-electron chi connectivity index (χ3n) is 2.29. The molecule has 0 aromatic rings. The predicted molar refractivity (Wildman–Crippen MR) is 54.2 cm³/mol. The van der Waals surface area contributed by atoms with Crippen LogP contribution in [0.2, 0.25) is 0 Å². The van der Waals surface area contributed by atoms with Gasteiger partial charge < -0.3 is 14.6 Å². The number of aliphatic hydroxyl groups excluding tert-OH is 1. The molecule has 5 nitrogen and oxygen atoms in total. The van der Waals surface area contributed by atoms with Crippen LogP contribution in [-0.4, -0.2) is 54.1 Å². The molecule has 5 heteroatoms. The second-order valence-corrected chi connectivity index (χ2v) is 4.70. The van der Waals surface area contributed by atoms with Crippen LogP contribution >= 0.6 is 0 Å². The van der Waals surface area contributed by atoms with Gasteiger partial charge in [-0.3, -0.25) is 9.69 Å². The molecule has 0 aromatic carbocycles. The molecule has 88 valence electrons. The highest BCUT2D eigenvalue weighted by Crippen LogP contribution is 2.36. The first-order chi connectivity index (χ1) is 6.93. The molecule has 0 radical (unpaired) electrons. The molecule has 1 N–H and O–H groups in total. The highest BCUT2D eigenvalue weighted by Gasteiger charge is 2.56. The average Bonchev–Trinajstić information content (AvgIpc) is 2.69. The van der Waals surface area contributed by atoms with E-state index in [9.17, 15) is 4.79 Å². The van der Waals surface area contributed by atoms with E-state index in [0.29, 0.717) is 6.47 Å². The first kappa shape index (κ1) is 12.4. The number of rotatable bonds is 2. The van der Waals surface area contributed by atoms with E-state index in [1.54, 1.807) is 0 Å². The zero-order valence-corrected chi connectivity index (χ0v) is 9.52. The number of hydrogen-bond acceptors (Lipinski definition) is 5. The summed E-state index contributed by atoms with van der Waals surface area (Å²) in [7, 11) is 0. The summed E-state index contributed by atoms with van der Waals surface area (Å²) in [4.78, 5) is 11.7. The molecule has 0 saturated carbocycles. The molecule has 0 aromatic heterocycles. The van der Waals surface area contributed by atoms with Gasteiger partial charge in [-0.25, -0.2) is 0 Å². The van der Waals surface area contributed by atoms with Crippen molar-refractivity contribution < 1.29 is 19.4 Å². The van der Waals surface area contributed by atoms with Gasteiger partial charge in [0.25, 0.3) is 6.47 Å². The maximum atomic E-state index is 9.60. The Bertz CT molecular complexity index is 222. The average molecular weight is 217 g/mol. The van der Waals surface area contributed by atoms with Gasteiger partial charge in [-0.2, -0.15) is 0 Å². The maximum Gasteiger partial charge on any atom is 0.293 e. The summed E-state index contributed by atoms with van der Waals surface area (Å²) in [6.45, 7) is 8.81. The number of nitrogens with zero attached hydrogens (tertiary/aromatic N) is 1. The number of aliphatic hydroxyl groups is 1. The van der Waals surface area contributed by atoms with Crippen molar-refractivity contribution >= 4 is 6.47 Å². The normalized spacial score (nSPS) is 32.4. The van der Waals surface area contributed by atoms with Crippen LogP contribution in [0.4, 0.5) is 0 Å². The summed E-state index contributed by atoms with van der Waals surface area (Å²) in [6, 6.07) is 0. The number of hydrogen-bond donors (Lipinski definition) is 1. The lowest BCUT2D eigenvalue weighted by atomic mass is 10.2. The van der Waals surface area contributed by atoms with E-state index in [0.717, 1.165) is 19.7 Å². The van der Waals surface area contributed by atoms with Crippen LogP contribution in [0.25, 0.3) is 0 Å². The van der Waals surface area contributed by atoms with Gasteiger partial charge in [0.15, 0.2) is 5.72 Å². The van der Waals surface area contributed by atoms with Gasteiger partial charge in [-0.15, -0.1) is 0 Å². The van der Waals surface area contributed by atoms with E-state index in [2.05, 4.69) is 9.64 Å². The molecule has 2 heterocycles. The Hall–Kier alpha value is -0.650. The minimum Gasteiger partial charge on any atom is -0.462 e. The molecule has 2 saturated heterocycles. The lowest BCUT2D eigenvalue weighted by Crippen LogP contribution is -2.19. The summed E-state index contributed by atoms with van der Waals surface area (Å²) in [5.74, 6) is 0. The molecule has 0 spiro atoms. The number of carbonyl (C=O) groups is 1. The van der Waals surface area contributed by atoms with Crippen molar-refractivity contribution in [2.75, 3.05) is 26.3 Å². The Balaban J connectivity index is 0.000000153. The smallest absolute Gasteiger partial charge is 0.293 e. The van der Waals surface area contributed by atoms with Gasteiger partial charge in [-0.05, 0) is 20.8 Å². The zero-order chi connectivity index (χ0) is 11.5. The summed E-state index contributed by atoms with van der Waals surface area (Å²) in [5, 5.41) is 8.70. The van der Waals surface area contributed by atoms with Gasteiger partial charge in [0.05, 0.1) is 13.2 Å². The second kappa shape index (κ2) is 4.47. The van der Waals surface area contributed by atoms with Gasteiger partial charge in [0, 0.05) is 13.1 Å². The predicted octanol–water partition coefficient (Wildman–Crippen LogP) is -0.0213. The third kappa shape index (κ3) is 3.44. The third-order valence-corrected chi connectivity index (χ3v) is 2.29. The van der Waals surface area contributed by atoms with Crippen LogP contribution in [0.1, 0.15) is 20.8 Å². The first-order valence-corrected chi connectivity index (χ1v) is 5.05. The molecular weight excluding hydrogens is 198 g/mol. The molecule has 2 fully saturated rings. The van der Waals surface area contributed by atoms with Crippen LogP contribution in [0.15, 0.2) is 0 Å². The Morgan fingerprint density at radius 2 is 2.27 bits per heavy atom. The lowest BCUT2D eigenvalue weighted by Gasteiger charge is -2.14. The van der Waals surface area contributed by atoms with E-state index in [1.165, 1.54) is 0 Å². The van der Waals surface area contributed by atoms with Crippen molar-refractivity contribution in [3.63, 3.8) is 0 Å². The fraction of sp³-hybridized carbons (Fsp3) is 0.900. The molecule has 2 rings (SSSR count). The fourth-order valence-corrected chi connectivity index (χ4v) is 1.37. The second-order valence-electron chi connectivity index (χ2n) is 4.70. The Morgan fingerprint density at radius 1 is 1.60 bits per heavy atom. The maximum absolute atomic E-state index is 9.60. The lowest BCUT2D eigenvalue weighted by molar-refractivity contribution is -0.138. The summed E-state index contributed by atoms with van der Waals surface area (Å²) >= 11 is 0. The minimum absolute atomic E-state index is 0.160. The van der Waals surface area contributed by atoms with Crippen LogP contribution in [0.3, 0.4) is 0 Å². The van der Waals surface area contributed by atoms with E-state index in [1.807, 2.05) is 20.8 Å². The standard InChI is InChI=1S/C5H9NO2.C5H10O2/c7-4-5-3-6(5)1-2-8-5;1-5(2,3)7-4-6/h7H,1-4H2;4H,1-3H3/t5-,6?;/m1./s1. The van der Waals surface area contributed by atoms with Crippen LogP contribution < -0.4 is 0 Å². The molecule has 2 aliphatic rings. The van der Waals surface area contributed by atoms with E-state index < -0.39 is 0 Å². The van der Waals surface area contributed by atoms with Crippen molar-refractivity contribution in [2.24, 2.45) is 0 Å². The molecule has 15 heavy (non-hydrogen) atoms. The van der Waals surface area contributed by atoms with Crippen LogP contribution in [-0.2, 0) is 14.3 Å². The first-order valence-electron chi connectivity index (χ1n) is 5.05. The molecule has 2 atom stereocenters. The SMILES string of the molecule is CC(C)(C)OC=O.OC[C@]12CN1CCO2. The molecule has 1 unspecified atom stereocenters. The molecule has 2 aliphatic heterocycles. The number of carbonyl (C=O) groups excluding carboxylic acids is 1. The Labute approximate surface area is 90.0 Å². The molecule has 0 amide bonds. The van der Waals surface area contributed by atoms with Crippen molar-refractivity contribution in [2.45, 2.75) is 32.1 Å². The summed E-state index contributed by atoms with van der Waals surface area (Å²) in [6.07, 6.45) is 0. The van der Waals surface area contributed by atoms with Crippen molar-refractivity contribution in [1.29, 1.82) is 0 Å². The van der Waals surface area contributed by atoms with Gasteiger partial charge in [-0.1, -0.05) is 0 Å². The Morgan fingerprint density at radius 3 is 2.40 bits per heavy atom. The highest BCUT2D eigenvalue weighted by atomic mass is 16.6. The van der Waals surface area contributed by atoms with E-state index in [4.69, 9.17) is 9.84 Å². The number of fused-ring (bicyclic) bond motifs is 1. The molecular formula is C10H19NO4. The molecule has 0 aliphatic carbocycles. The molecule has 0 bridgehead atoms. The monoisotopic (exact) mass is 217 g/mol. The van der Waals surface area contributed by atoms with Crippen molar-refractivity contribution in [3.8, 4) is 0 Å². The minimum atomic E-state index is -0.318. The quantitative estimate of drug-likeness (QED) is 0.520. The highest BCUT2D eigenvalue weighted by molar-refractivity contribution is 5.37. The Kier molecular flexibility index (Phi) is 3.70. The largest absolute Gasteiger partial charge is 0.462 e. The van der Waals surface area contributed by atoms with Crippen molar-refractivity contribution in [3.05, 3.63) is 0 Å². The topological polar surface area (TPSA) is 58.8 Å². The summed E-state index contributed by atoms with van der Waals surface area (Å²) in [5.41, 5.74) is -0.526. The van der Waals surface area contributed by atoms with E-state index >= 15 is 0 Å². The number of ether oxygens (including phenoxy) is 2. The van der Waals surface area contributed by atoms with Gasteiger partial charge in [0.1, 0.15) is 5.60 Å². The summed E-state index contributed by atoms with van der Waals surface area (Å²) < 4.78 is 9.79. The van der Waals surface area contributed by atoms with Crippen LogP contribution in [0, 0.1) is 0 Å². The van der Waals surface area contributed by atoms with Gasteiger partial charge in [0.2, 0.25) is 0 Å². The van der Waals surface area contributed by atoms with Gasteiger partial charge >= 0.3 is 0 Å². The van der Waals surface area contributed by atoms with Crippen molar-refractivity contribution in [1.82, 2.24) is 4.90 Å². The fourth-order valence-electron chi connectivity index (χ4n) is 1.37. The zero-order valence-electron chi connectivity index (χ0n) is 9.52. The van der Waals surface area contributed by atoms with E-state index in [-0.39, 0.29) is 17.9 Å².